The van der Waals surface area contributed by atoms with Gasteiger partial charge in [-0.3, -0.25) is 9.69 Å². The predicted molar refractivity (Wildman–Crippen MR) is 133 cm³/mol. The van der Waals surface area contributed by atoms with Crippen molar-refractivity contribution in [2.24, 2.45) is 0 Å². The third-order valence-corrected chi connectivity index (χ3v) is 8.58. The van der Waals surface area contributed by atoms with Crippen molar-refractivity contribution >= 4 is 50.6 Å². The number of hydrogen-bond donors (Lipinski definition) is 1. The van der Waals surface area contributed by atoms with Gasteiger partial charge < -0.3 is 10.2 Å². The first-order chi connectivity index (χ1) is 16.6. The molecular weight excluding hydrogens is 473 g/mol. The fourth-order valence-electron chi connectivity index (χ4n) is 5.39. The smallest absolute Gasteiger partial charge is 0.246 e. The molecule has 2 aromatic heterocycles. The maximum Gasteiger partial charge on any atom is 0.246 e. The summed E-state index contributed by atoms with van der Waals surface area (Å²) < 4.78 is 13.5. The minimum absolute atomic E-state index is 0.0575. The Morgan fingerprint density at radius 3 is 2.88 bits per heavy atom. The SMILES string of the molecule is O=C(C=CCN1C2CCCCC21)N1CCc2c(sc3ncnc(Nc4ccc(F)c(Cl)c4)c23)C1. The van der Waals surface area contributed by atoms with Crippen LogP contribution in [0.15, 0.2) is 36.7 Å². The fourth-order valence-corrected chi connectivity index (χ4v) is 6.77. The normalized spacial score (nSPS) is 23.7. The zero-order valence-electron chi connectivity index (χ0n) is 18.6. The monoisotopic (exact) mass is 497 g/mol. The van der Waals surface area contributed by atoms with E-state index in [4.69, 9.17) is 11.6 Å². The standard InChI is InChI=1S/C25H25ClFN5OS/c26-17-12-15(7-8-18(17)27)30-24-23-16-9-11-31(13-21(16)34-25(23)29-14-28-24)22(33)6-3-10-32-19-4-1-2-5-20(19)32/h3,6-8,12,14,19-20H,1-2,4-5,9-11,13H2,(H,28,29,30). The highest BCUT2D eigenvalue weighted by Crippen LogP contribution is 2.40. The number of thiophene rings is 1. The van der Waals surface area contributed by atoms with Gasteiger partial charge in [-0.15, -0.1) is 11.3 Å². The van der Waals surface area contributed by atoms with Crippen LogP contribution >= 0.6 is 22.9 Å². The van der Waals surface area contributed by atoms with Crippen LogP contribution in [0.4, 0.5) is 15.9 Å². The molecule has 0 spiro atoms. The first kappa shape index (κ1) is 21.9. The molecule has 6 nitrogen and oxygen atoms in total. The molecular formula is C25H25ClFN5OS. The van der Waals surface area contributed by atoms with E-state index in [0.717, 1.165) is 40.1 Å². The minimum Gasteiger partial charge on any atom is -0.340 e. The Kier molecular flexibility index (Phi) is 5.75. The van der Waals surface area contributed by atoms with Gasteiger partial charge >= 0.3 is 0 Å². The highest BCUT2D eigenvalue weighted by atomic mass is 35.5. The van der Waals surface area contributed by atoms with Crippen LogP contribution in [0.3, 0.4) is 0 Å². The number of carbonyl (C=O) groups is 1. The molecule has 3 aromatic rings. The Morgan fingerprint density at radius 1 is 1.26 bits per heavy atom. The highest BCUT2D eigenvalue weighted by molar-refractivity contribution is 7.19. The van der Waals surface area contributed by atoms with Gasteiger partial charge in [-0.25, -0.2) is 14.4 Å². The lowest BCUT2D eigenvalue weighted by atomic mass is 10.0. The summed E-state index contributed by atoms with van der Waals surface area (Å²) >= 11 is 7.54. The lowest BCUT2D eigenvalue weighted by Crippen LogP contribution is -2.34. The molecule has 2 fully saturated rings. The van der Waals surface area contributed by atoms with Crippen molar-refractivity contribution in [2.45, 2.75) is 50.7 Å². The number of hydrogen-bond acceptors (Lipinski definition) is 6. The van der Waals surface area contributed by atoms with Gasteiger partial charge in [0.05, 0.1) is 17.0 Å². The molecule has 0 bridgehead atoms. The van der Waals surface area contributed by atoms with Gasteiger partial charge in [0, 0.05) is 41.8 Å². The second kappa shape index (κ2) is 8.91. The Labute approximate surface area is 206 Å². The highest BCUT2D eigenvalue weighted by Gasteiger charge is 2.47. The van der Waals surface area contributed by atoms with E-state index in [9.17, 15) is 9.18 Å². The maximum atomic E-state index is 13.5. The molecule has 6 rings (SSSR count). The zero-order chi connectivity index (χ0) is 23.2. The molecule has 1 aliphatic carbocycles. The molecule has 34 heavy (non-hydrogen) atoms. The molecule has 2 aliphatic heterocycles. The number of nitrogens with zero attached hydrogens (tertiary/aromatic N) is 4. The average Bonchev–Trinajstić information content (AvgIpc) is 3.41. The predicted octanol–water partition coefficient (Wildman–Crippen LogP) is 5.30. The van der Waals surface area contributed by atoms with Crippen LogP contribution in [-0.4, -0.2) is 50.8 Å². The van der Waals surface area contributed by atoms with Crippen molar-refractivity contribution in [1.82, 2.24) is 19.8 Å². The molecule has 9 heteroatoms. The Hall–Kier alpha value is -2.55. The molecule has 1 saturated heterocycles. The van der Waals surface area contributed by atoms with E-state index in [1.807, 2.05) is 11.0 Å². The molecule has 1 saturated carbocycles. The molecule has 1 amide bonds. The van der Waals surface area contributed by atoms with Crippen molar-refractivity contribution in [1.29, 1.82) is 0 Å². The summed E-state index contributed by atoms with van der Waals surface area (Å²) in [5.74, 6) is 0.280. The fraction of sp³-hybridized carbons (Fsp3) is 0.400. The number of rotatable bonds is 5. The Bertz CT molecular complexity index is 1280. The van der Waals surface area contributed by atoms with Crippen LogP contribution < -0.4 is 5.32 Å². The van der Waals surface area contributed by atoms with Crippen LogP contribution in [0.5, 0.6) is 0 Å². The third kappa shape index (κ3) is 4.08. The average molecular weight is 498 g/mol. The Balaban J connectivity index is 1.16. The number of carbonyl (C=O) groups excluding carboxylic acids is 1. The number of halogens is 2. The van der Waals surface area contributed by atoms with E-state index >= 15 is 0 Å². The number of anilines is 2. The lowest BCUT2D eigenvalue weighted by molar-refractivity contribution is -0.126. The topological polar surface area (TPSA) is 61.1 Å². The van der Waals surface area contributed by atoms with E-state index < -0.39 is 5.82 Å². The van der Waals surface area contributed by atoms with E-state index in [-0.39, 0.29) is 10.9 Å². The van der Waals surface area contributed by atoms with Gasteiger partial charge in [0.15, 0.2) is 0 Å². The summed E-state index contributed by atoms with van der Waals surface area (Å²) in [6.07, 6.45) is 11.3. The minimum atomic E-state index is -0.459. The van der Waals surface area contributed by atoms with E-state index in [0.29, 0.717) is 24.6 Å². The molecule has 2 atom stereocenters. The molecule has 4 heterocycles. The lowest BCUT2D eigenvalue weighted by Gasteiger charge is -2.26. The van der Waals surface area contributed by atoms with Crippen LogP contribution in [-0.2, 0) is 17.8 Å². The number of fused-ring (bicyclic) bond motifs is 4. The number of amides is 1. The van der Waals surface area contributed by atoms with Gasteiger partial charge in [0.25, 0.3) is 0 Å². The summed E-state index contributed by atoms with van der Waals surface area (Å²) in [7, 11) is 0. The number of aromatic nitrogens is 2. The summed E-state index contributed by atoms with van der Waals surface area (Å²) in [5.41, 5.74) is 1.84. The summed E-state index contributed by atoms with van der Waals surface area (Å²) in [6, 6.07) is 6.01. The van der Waals surface area contributed by atoms with Crippen molar-refractivity contribution < 1.29 is 9.18 Å². The summed E-state index contributed by atoms with van der Waals surface area (Å²) in [6.45, 7) is 2.12. The number of nitrogens with one attached hydrogen (secondary N) is 1. The summed E-state index contributed by atoms with van der Waals surface area (Å²) in [5, 5.41) is 4.28. The summed E-state index contributed by atoms with van der Waals surface area (Å²) in [4.78, 5) is 28.2. The maximum absolute atomic E-state index is 13.5. The molecule has 2 unspecified atom stereocenters. The van der Waals surface area contributed by atoms with Crippen LogP contribution in [0, 0.1) is 5.82 Å². The number of benzene rings is 1. The van der Waals surface area contributed by atoms with Gasteiger partial charge in [0.1, 0.15) is 22.8 Å². The number of likely N-dealkylation sites (tertiary alicyclic amines) is 1. The van der Waals surface area contributed by atoms with Crippen LogP contribution in [0.1, 0.15) is 36.1 Å². The van der Waals surface area contributed by atoms with E-state index in [1.54, 1.807) is 29.5 Å². The zero-order valence-corrected chi connectivity index (χ0v) is 20.2. The second-order valence-corrected chi connectivity index (χ2v) is 10.7. The quantitative estimate of drug-likeness (QED) is 0.383. The van der Waals surface area contributed by atoms with E-state index in [1.165, 1.54) is 43.6 Å². The van der Waals surface area contributed by atoms with Crippen LogP contribution in [0.25, 0.3) is 10.2 Å². The van der Waals surface area contributed by atoms with Gasteiger partial charge in [-0.05, 0) is 43.0 Å². The molecule has 1 N–H and O–H groups in total. The molecule has 3 aliphatic rings. The van der Waals surface area contributed by atoms with Gasteiger partial charge in [0.2, 0.25) is 5.91 Å². The van der Waals surface area contributed by atoms with Crippen molar-refractivity contribution in [3.63, 3.8) is 0 Å². The van der Waals surface area contributed by atoms with Crippen molar-refractivity contribution in [3.8, 4) is 0 Å². The van der Waals surface area contributed by atoms with Crippen LogP contribution in [0.2, 0.25) is 5.02 Å². The van der Waals surface area contributed by atoms with Gasteiger partial charge in [-0.2, -0.15) is 0 Å². The second-order valence-electron chi connectivity index (χ2n) is 9.19. The van der Waals surface area contributed by atoms with E-state index in [2.05, 4.69) is 20.2 Å². The van der Waals surface area contributed by atoms with Gasteiger partial charge in [-0.1, -0.05) is 30.5 Å². The largest absolute Gasteiger partial charge is 0.340 e. The first-order valence-corrected chi connectivity index (χ1v) is 13.0. The Morgan fingerprint density at radius 2 is 2.09 bits per heavy atom. The van der Waals surface area contributed by atoms with Crippen molar-refractivity contribution in [2.75, 3.05) is 18.4 Å². The first-order valence-electron chi connectivity index (χ1n) is 11.8. The molecule has 176 valence electrons. The van der Waals surface area contributed by atoms with Crippen molar-refractivity contribution in [3.05, 3.63) is 58.0 Å². The third-order valence-electron chi connectivity index (χ3n) is 7.16. The molecule has 1 aromatic carbocycles. The molecule has 0 radical (unpaired) electrons.